The molecule has 0 saturated carbocycles. The molecule has 2 heterocycles. The third kappa shape index (κ3) is 3.77. The largest absolute Gasteiger partial charge is 0.396 e. The second-order valence-electron chi connectivity index (χ2n) is 5.21. The lowest BCUT2D eigenvalue weighted by Crippen LogP contribution is -2.49. The summed E-state index contributed by atoms with van der Waals surface area (Å²) in [6.45, 7) is 5.59. The van der Waals surface area contributed by atoms with Gasteiger partial charge in [0, 0.05) is 57.6 Å². The van der Waals surface area contributed by atoms with Crippen molar-refractivity contribution in [2.75, 3.05) is 32.8 Å². The Bertz CT molecular complexity index is 416. The molecule has 110 valence electrons. The van der Waals surface area contributed by atoms with Crippen molar-refractivity contribution in [1.29, 1.82) is 0 Å². The number of hydrogen-bond acceptors (Lipinski definition) is 4. The van der Waals surface area contributed by atoms with Gasteiger partial charge in [-0.15, -0.1) is 0 Å². The molecule has 0 bridgehead atoms. The monoisotopic (exact) mass is 277 g/mol. The van der Waals surface area contributed by atoms with Crippen LogP contribution in [0.15, 0.2) is 24.5 Å². The maximum Gasteiger partial charge on any atom is 0.222 e. The van der Waals surface area contributed by atoms with E-state index >= 15 is 0 Å². The fraction of sp³-hybridized carbons (Fsp3) is 0.600. The molecule has 2 rings (SSSR count). The van der Waals surface area contributed by atoms with Crippen LogP contribution in [0, 0.1) is 0 Å². The standard InChI is InChI=1S/C15H23N3O2/c1-13(14-4-2-6-16-12-14)17-7-9-18(10-8-17)15(20)5-3-11-19/h2,4,6,12-13,19H,3,5,7-11H2,1H3. The van der Waals surface area contributed by atoms with Gasteiger partial charge in [0.25, 0.3) is 0 Å². The van der Waals surface area contributed by atoms with Crippen molar-refractivity contribution in [3.8, 4) is 0 Å². The van der Waals surface area contributed by atoms with E-state index in [1.807, 2.05) is 17.2 Å². The van der Waals surface area contributed by atoms with Gasteiger partial charge in [-0.25, -0.2) is 0 Å². The Morgan fingerprint density at radius 2 is 2.15 bits per heavy atom. The minimum Gasteiger partial charge on any atom is -0.396 e. The number of piperazine rings is 1. The fourth-order valence-corrected chi connectivity index (χ4v) is 2.58. The molecule has 1 aromatic rings. The van der Waals surface area contributed by atoms with Gasteiger partial charge in [-0.05, 0) is 25.0 Å². The Labute approximate surface area is 120 Å². The summed E-state index contributed by atoms with van der Waals surface area (Å²) in [5.74, 6) is 0.160. The minimum absolute atomic E-state index is 0.0870. The summed E-state index contributed by atoms with van der Waals surface area (Å²) in [4.78, 5) is 20.3. The van der Waals surface area contributed by atoms with E-state index in [1.165, 1.54) is 5.56 Å². The maximum absolute atomic E-state index is 11.9. The number of nitrogens with zero attached hydrogens (tertiary/aromatic N) is 3. The van der Waals surface area contributed by atoms with Crippen molar-refractivity contribution in [2.24, 2.45) is 0 Å². The molecule has 1 atom stereocenters. The van der Waals surface area contributed by atoms with Crippen molar-refractivity contribution in [3.05, 3.63) is 30.1 Å². The molecule has 0 radical (unpaired) electrons. The lowest BCUT2D eigenvalue weighted by Gasteiger charge is -2.38. The first-order valence-corrected chi connectivity index (χ1v) is 7.25. The van der Waals surface area contributed by atoms with Gasteiger partial charge in [-0.3, -0.25) is 14.7 Å². The summed E-state index contributed by atoms with van der Waals surface area (Å²) in [6, 6.07) is 4.38. The van der Waals surface area contributed by atoms with Crippen molar-refractivity contribution in [3.63, 3.8) is 0 Å². The average molecular weight is 277 g/mol. The van der Waals surface area contributed by atoms with Crippen molar-refractivity contribution in [1.82, 2.24) is 14.8 Å². The SMILES string of the molecule is CC(c1cccnc1)N1CCN(C(=O)CCCO)CC1. The molecule has 0 aliphatic carbocycles. The van der Waals surface area contributed by atoms with E-state index in [0.717, 1.165) is 26.2 Å². The quantitative estimate of drug-likeness (QED) is 0.874. The molecule has 20 heavy (non-hydrogen) atoms. The van der Waals surface area contributed by atoms with Crippen LogP contribution in [-0.4, -0.2) is 58.6 Å². The Morgan fingerprint density at radius 3 is 2.75 bits per heavy atom. The Morgan fingerprint density at radius 1 is 1.40 bits per heavy atom. The zero-order valence-electron chi connectivity index (χ0n) is 12.0. The van der Waals surface area contributed by atoms with Gasteiger partial charge in [-0.1, -0.05) is 6.07 Å². The number of rotatable bonds is 5. The van der Waals surface area contributed by atoms with Gasteiger partial charge in [-0.2, -0.15) is 0 Å². The minimum atomic E-state index is 0.0870. The van der Waals surface area contributed by atoms with E-state index in [2.05, 4.69) is 22.9 Å². The topological polar surface area (TPSA) is 56.7 Å². The van der Waals surface area contributed by atoms with Gasteiger partial charge in [0.1, 0.15) is 0 Å². The summed E-state index contributed by atoms with van der Waals surface area (Å²) < 4.78 is 0. The lowest BCUT2D eigenvalue weighted by molar-refractivity contribution is -0.133. The van der Waals surface area contributed by atoms with Crippen LogP contribution in [-0.2, 0) is 4.79 Å². The Kier molecular flexibility index (Phi) is 5.49. The van der Waals surface area contributed by atoms with Crippen molar-refractivity contribution < 1.29 is 9.90 Å². The molecule has 1 unspecified atom stereocenters. The number of carbonyl (C=O) groups excluding carboxylic acids is 1. The smallest absolute Gasteiger partial charge is 0.222 e. The molecule has 0 aromatic carbocycles. The summed E-state index contributed by atoms with van der Waals surface area (Å²) in [5.41, 5.74) is 1.22. The van der Waals surface area contributed by atoms with Crippen LogP contribution in [0.4, 0.5) is 0 Å². The Hall–Kier alpha value is -1.46. The maximum atomic E-state index is 11.9. The van der Waals surface area contributed by atoms with Crippen molar-refractivity contribution in [2.45, 2.75) is 25.8 Å². The van der Waals surface area contributed by atoms with E-state index < -0.39 is 0 Å². The van der Waals surface area contributed by atoms with E-state index in [9.17, 15) is 4.79 Å². The molecule has 1 saturated heterocycles. The number of pyridine rings is 1. The molecular weight excluding hydrogens is 254 g/mol. The van der Waals surface area contributed by atoms with Crippen molar-refractivity contribution >= 4 is 5.91 Å². The van der Waals surface area contributed by atoms with E-state index in [-0.39, 0.29) is 12.5 Å². The number of aliphatic hydroxyl groups excluding tert-OH is 1. The highest BCUT2D eigenvalue weighted by atomic mass is 16.3. The third-order valence-corrected chi connectivity index (χ3v) is 3.93. The van der Waals surface area contributed by atoms with Crippen LogP contribution in [0.25, 0.3) is 0 Å². The van der Waals surface area contributed by atoms with Gasteiger partial charge in [0.05, 0.1) is 0 Å². The Balaban J connectivity index is 1.83. The van der Waals surface area contributed by atoms with Crippen LogP contribution in [0.3, 0.4) is 0 Å². The molecule has 1 aliphatic heterocycles. The van der Waals surface area contributed by atoms with Gasteiger partial charge in [0.15, 0.2) is 0 Å². The highest BCUT2D eigenvalue weighted by molar-refractivity contribution is 5.76. The normalized spacial score (nSPS) is 18.0. The van der Waals surface area contributed by atoms with Crippen LogP contribution in [0.2, 0.25) is 0 Å². The summed E-state index contributed by atoms with van der Waals surface area (Å²) >= 11 is 0. The molecule has 1 fully saturated rings. The zero-order chi connectivity index (χ0) is 14.4. The van der Waals surface area contributed by atoms with Crippen LogP contribution in [0.5, 0.6) is 0 Å². The van der Waals surface area contributed by atoms with Gasteiger partial charge < -0.3 is 10.0 Å². The zero-order valence-corrected chi connectivity index (χ0v) is 12.0. The second-order valence-corrected chi connectivity index (χ2v) is 5.21. The predicted molar refractivity (Wildman–Crippen MR) is 77.1 cm³/mol. The van der Waals surface area contributed by atoms with Crippen LogP contribution < -0.4 is 0 Å². The molecule has 0 spiro atoms. The summed E-state index contributed by atoms with van der Waals surface area (Å²) in [6.07, 6.45) is 4.71. The second kappa shape index (κ2) is 7.36. The number of hydrogen-bond donors (Lipinski definition) is 1. The number of aromatic nitrogens is 1. The molecule has 1 N–H and O–H groups in total. The highest BCUT2D eigenvalue weighted by Crippen LogP contribution is 2.20. The molecule has 5 nitrogen and oxygen atoms in total. The number of amides is 1. The lowest BCUT2D eigenvalue weighted by atomic mass is 10.1. The molecule has 1 aliphatic rings. The summed E-state index contributed by atoms with van der Waals surface area (Å²) in [7, 11) is 0. The van der Waals surface area contributed by atoms with E-state index in [4.69, 9.17) is 5.11 Å². The number of aliphatic hydroxyl groups is 1. The first kappa shape index (κ1) is 14.9. The van der Waals surface area contributed by atoms with Gasteiger partial charge in [0.2, 0.25) is 5.91 Å². The molecule has 1 amide bonds. The van der Waals surface area contributed by atoms with Crippen LogP contribution in [0.1, 0.15) is 31.4 Å². The molecule has 5 heteroatoms. The van der Waals surface area contributed by atoms with E-state index in [1.54, 1.807) is 6.20 Å². The number of carbonyl (C=O) groups is 1. The predicted octanol–water partition coefficient (Wildman–Crippen LogP) is 1.06. The summed E-state index contributed by atoms with van der Waals surface area (Å²) in [5, 5.41) is 8.77. The third-order valence-electron chi connectivity index (χ3n) is 3.93. The first-order valence-electron chi connectivity index (χ1n) is 7.25. The molecular formula is C15H23N3O2. The van der Waals surface area contributed by atoms with Crippen LogP contribution >= 0.6 is 0 Å². The fourth-order valence-electron chi connectivity index (χ4n) is 2.58. The first-order chi connectivity index (χ1) is 9.72. The molecule has 1 aromatic heterocycles. The highest BCUT2D eigenvalue weighted by Gasteiger charge is 2.24. The average Bonchev–Trinajstić information content (AvgIpc) is 2.53. The van der Waals surface area contributed by atoms with Gasteiger partial charge >= 0.3 is 0 Å². The van der Waals surface area contributed by atoms with E-state index in [0.29, 0.717) is 18.9 Å².